The number of rotatable bonds is 4. The number of carbonyl (C=O) groups excluding carboxylic acids is 1. The van der Waals surface area contributed by atoms with Gasteiger partial charge in [-0.15, -0.1) is 0 Å². The van der Waals surface area contributed by atoms with Crippen molar-refractivity contribution in [2.45, 2.75) is 0 Å². The van der Waals surface area contributed by atoms with Gasteiger partial charge < -0.3 is 5.11 Å². The lowest BCUT2D eigenvalue weighted by molar-refractivity contribution is -0.384. The molecular weight excluding hydrogens is 345 g/mol. The van der Waals surface area contributed by atoms with Crippen LogP contribution < -0.4 is 5.43 Å². The lowest BCUT2D eigenvalue weighted by Gasteiger charge is -2.03. The van der Waals surface area contributed by atoms with Crippen molar-refractivity contribution >= 4 is 41.0 Å². The van der Waals surface area contributed by atoms with Crippen molar-refractivity contribution in [2.75, 3.05) is 0 Å². The lowest BCUT2D eigenvalue weighted by Crippen LogP contribution is -2.17. The summed E-state index contributed by atoms with van der Waals surface area (Å²) < 4.78 is 0. The number of carbonyl (C=O) groups is 1. The van der Waals surface area contributed by atoms with Crippen LogP contribution in [0, 0.1) is 10.1 Å². The van der Waals surface area contributed by atoms with E-state index in [1.165, 1.54) is 36.4 Å². The molecule has 0 fully saturated rings. The molecule has 0 atom stereocenters. The molecule has 1 amide bonds. The summed E-state index contributed by atoms with van der Waals surface area (Å²) in [5.41, 5.74) is 2.22. The number of hydrogen-bond acceptors (Lipinski definition) is 5. The van der Waals surface area contributed by atoms with E-state index in [0.29, 0.717) is 0 Å². The van der Waals surface area contributed by atoms with Gasteiger partial charge in [-0.25, -0.2) is 5.43 Å². The fraction of sp³-hybridized carbons (Fsp3) is 0. The number of amides is 1. The van der Waals surface area contributed by atoms with Crippen LogP contribution in [-0.2, 0) is 0 Å². The Balaban J connectivity index is 2.15. The van der Waals surface area contributed by atoms with Crippen molar-refractivity contribution in [3.05, 3.63) is 67.7 Å². The molecule has 0 saturated heterocycles. The molecular formula is C14H9Cl2N3O4. The molecule has 0 saturated carbocycles. The molecule has 7 nitrogen and oxygen atoms in total. The largest absolute Gasteiger partial charge is 0.507 e. The van der Waals surface area contributed by atoms with E-state index in [-0.39, 0.29) is 32.6 Å². The number of aromatic hydroxyl groups is 1. The third-order valence-electron chi connectivity index (χ3n) is 2.76. The average Bonchev–Trinajstić information content (AvgIpc) is 2.51. The molecule has 0 radical (unpaired) electrons. The summed E-state index contributed by atoms with van der Waals surface area (Å²) in [5, 5.41) is 24.5. The second-order valence-electron chi connectivity index (χ2n) is 4.32. The van der Waals surface area contributed by atoms with E-state index in [2.05, 4.69) is 10.5 Å². The summed E-state index contributed by atoms with van der Waals surface area (Å²) in [7, 11) is 0. The van der Waals surface area contributed by atoms with Gasteiger partial charge in [0.05, 0.1) is 16.7 Å². The summed E-state index contributed by atoms with van der Waals surface area (Å²) in [6, 6.07) is 7.81. The van der Waals surface area contributed by atoms with E-state index >= 15 is 0 Å². The average molecular weight is 354 g/mol. The zero-order chi connectivity index (χ0) is 17.0. The minimum atomic E-state index is -0.692. The highest BCUT2D eigenvalue weighted by Crippen LogP contribution is 2.22. The molecule has 0 aliphatic rings. The van der Waals surface area contributed by atoms with E-state index in [0.717, 1.165) is 6.21 Å². The number of phenolic OH excluding ortho intramolecular Hbond substituents is 1. The predicted octanol–water partition coefficient (Wildman–Crippen LogP) is 3.37. The van der Waals surface area contributed by atoms with Gasteiger partial charge in [0, 0.05) is 27.7 Å². The molecule has 0 aliphatic heterocycles. The number of halogens is 2. The zero-order valence-corrected chi connectivity index (χ0v) is 12.9. The number of nitro groups is 1. The van der Waals surface area contributed by atoms with Crippen LogP contribution in [0.1, 0.15) is 15.9 Å². The van der Waals surface area contributed by atoms with Gasteiger partial charge in [-0.2, -0.15) is 5.10 Å². The van der Waals surface area contributed by atoms with Crippen LogP contribution in [0.3, 0.4) is 0 Å². The van der Waals surface area contributed by atoms with Gasteiger partial charge in [-0.3, -0.25) is 14.9 Å². The summed E-state index contributed by atoms with van der Waals surface area (Å²) in [6.07, 6.45) is 1.16. The predicted molar refractivity (Wildman–Crippen MR) is 86.3 cm³/mol. The molecule has 2 rings (SSSR count). The number of phenols is 1. The number of nitro benzene ring substituents is 1. The highest BCUT2D eigenvalue weighted by molar-refractivity contribution is 6.33. The second-order valence-corrected chi connectivity index (χ2v) is 5.17. The second kappa shape index (κ2) is 7.08. The minimum Gasteiger partial charge on any atom is -0.507 e. The SMILES string of the molecule is O=C(N/N=C\c1cc([N+](=O)[O-])ccc1Cl)c1cc(Cl)ccc1O. The Morgan fingerprint density at radius 3 is 2.70 bits per heavy atom. The third-order valence-corrected chi connectivity index (χ3v) is 3.34. The highest BCUT2D eigenvalue weighted by atomic mass is 35.5. The maximum atomic E-state index is 11.9. The standard InChI is InChI=1S/C14H9Cl2N3O4/c15-9-1-4-13(20)11(6-9)14(21)18-17-7-8-5-10(19(22)23)2-3-12(8)16/h1-7,20H,(H,18,21)/b17-7-. The van der Waals surface area contributed by atoms with Crippen LogP contribution in [0.25, 0.3) is 0 Å². The van der Waals surface area contributed by atoms with E-state index in [1.54, 1.807) is 0 Å². The van der Waals surface area contributed by atoms with Gasteiger partial charge in [-0.1, -0.05) is 23.2 Å². The van der Waals surface area contributed by atoms with E-state index in [9.17, 15) is 20.0 Å². The Kier molecular flexibility index (Phi) is 5.15. The Morgan fingerprint density at radius 2 is 2.00 bits per heavy atom. The Hall–Kier alpha value is -2.64. The number of nitrogens with one attached hydrogen (secondary N) is 1. The molecule has 118 valence electrons. The van der Waals surface area contributed by atoms with Crippen molar-refractivity contribution < 1.29 is 14.8 Å². The van der Waals surface area contributed by atoms with Gasteiger partial charge >= 0.3 is 0 Å². The minimum absolute atomic E-state index is 0.0558. The van der Waals surface area contributed by atoms with Crippen LogP contribution >= 0.6 is 23.2 Å². The van der Waals surface area contributed by atoms with Crippen LogP contribution in [0.5, 0.6) is 5.75 Å². The molecule has 9 heteroatoms. The van der Waals surface area contributed by atoms with Gasteiger partial charge in [-0.05, 0) is 24.3 Å². The first-order valence-corrected chi connectivity index (χ1v) is 6.90. The van der Waals surface area contributed by atoms with Crippen molar-refractivity contribution in [3.8, 4) is 5.75 Å². The van der Waals surface area contributed by atoms with Crippen molar-refractivity contribution in [2.24, 2.45) is 5.10 Å². The molecule has 0 aromatic heterocycles. The smallest absolute Gasteiger partial charge is 0.275 e. The molecule has 0 bridgehead atoms. The zero-order valence-electron chi connectivity index (χ0n) is 11.4. The summed E-state index contributed by atoms with van der Waals surface area (Å²) in [4.78, 5) is 22.0. The molecule has 0 spiro atoms. The number of hydrazone groups is 1. The molecule has 2 N–H and O–H groups in total. The quantitative estimate of drug-likeness (QED) is 0.499. The molecule has 23 heavy (non-hydrogen) atoms. The summed E-state index contributed by atoms with van der Waals surface area (Å²) in [6.45, 7) is 0. The summed E-state index contributed by atoms with van der Waals surface area (Å²) in [5.74, 6) is -0.946. The fourth-order valence-electron chi connectivity index (χ4n) is 1.65. The van der Waals surface area contributed by atoms with Crippen LogP contribution in [0.15, 0.2) is 41.5 Å². The molecule has 0 unspecified atom stereocenters. The Bertz CT molecular complexity index is 809. The van der Waals surface area contributed by atoms with Crippen LogP contribution in [0.4, 0.5) is 5.69 Å². The first kappa shape index (κ1) is 16.7. The highest BCUT2D eigenvalue weighted by Gasteiger charge is 2.11. The van der Waals surface area contributed by atoms with Crippen LogP contribution in [0.2, 0.25) is 10.0 Å². The summed E-state index contributed by atoms with van der Waals surface area (Å²) >= 11 is 11.6. The van der Waals surface area contributed by atoms with E-state index in [1.807, 2.05) is 0 Å². The topological polar surface area (TPSA) is 105 Å². The normalized spacial score (nSPS) is 10.7. The van der Waals surface area contributed by atoms with Crippen LogP contribution in [-0.4, -0.2) is 22.2 Å². The molecule has 0 aliphatic carbocycles. The monoisotopic (exact) mass is 353 g/mol. The van der Waals surface area contributed by atoms with Gasteiger partial charge in [0.2, 0.25) is 0 Å². The first-order chi connectivity index (χ1) is 10.9. The molecule has 2 aromatic carbocycles. The van der Waals surface area contributed by atoms with Crippen molar-refractivity contribution in [3.63, 3.8) is 0 Å². The maximum Gasteiger partial charge on any atom is 0.275 e. The maximum absolute atomic E-state index is 11.9. The number of non-ortho nitro benzene ring substituents is 1. The van der Waals surface area contributed by atoms with Gasteiger partial charge in [0.25, 0.3) is 11.6 Å². The van der Waals surface area contributed by atoms with E-state index in [4.69, 9.17) is 23.2 Å². The van der Waals surface area contributed by atoms with Gasteiger partial charge in [0.15, 0.2) is 0 Å². The number of nitrogens with zero attached hydrogens (tertiary/aromatic N) is 2. The van der Waals surface area contributed by atoms with E-state index < -0.39 is 10.8 Å². The molecule has 0 heterocycles. The first-order valence-electron chi connectivity index (χ1n) is 6.14. The Morgan fingerprint density at radius 1 is 1.26 bits per heavy atom. The van der Waals surface area contributed by atoms with Crippen molar-refractivity contribution in [1.82, 2.24) is 5.43 Å². The number of hydrogen-bond donors (Lipinski definition) is 2. The lowest BCUT2D eigenvalue weighted by atomic mass is 10.2. The van der Waals surface area contributed by atoms with Crippen molar-refractivity contribution in [1.29, 1.82) is 0 Å². The fourth-order valence-corrected chi connectivity index (χ4v) is 1.99. The van der Waals surface area contributed by atoms with Gasteiger partial charge in [0.1, 0.15) is 5.75 Å². The Labute approximate surface area is 140 Å². The third kappa shape index (κ3) is 4.18. The number of benzene rings is 2. The molecule has 2 aromatic rings.